The Hall–Kier alpha value is -1.42. The fourth-order valence-electron chi connectivity index (χ4n) is 1.29. The van der Waals surface area contributed by atoms with Gasteiger partial charge in [0.25, 0.3) is 0 Å². The molecule has 4 nitrogen and oxygen atoms in total. The molecule has 4 heteroatoms. The summed E-state index contributed by atoms with van der Waals surface area (Å²) in [6, 6.07) is 3.95. The Labute approximate surface area is 76.4 Å². The van der Waals surface area contributed by atoms with E-state index in [2.05, 4.69) is 17.0 Å². The standard InChI is InChI=1S/C9H12N4/c1-2-7-3-4-9-11-6-8(5-10)13(9)12-7/h3-4,6H,2,5,10H2,1H3. The molecular weight excluding hydrogens is 164 g/mol. The first kappa shape index (κ1) is 8.19. The van der Waals surface area contributed by atoms with Gasteiger partial charge in [-0.25, -0.2) is 9.50 Å². The van der Waals surface area contributed by atoms with Crippen molar-refractivity contribution in [1.29, 1.82) is 0 Å². The Morgan fingerprint density at radius 1 is 1.46 bits per heavy atom. The number of hydrogen-bond acceptors (Lipinski definition) is 3. The lowest BCUT2D eigenvalue weighted by Gasteiger charge is -1.99. The molecule has 2 rings (SSSR count). The van der Waals surface area contributed by atoms with Gasteiger partial charge in [0.1, 0.15) is 0 Å². The normalized spacial score (nSPS) is 10.9. The van der Waals surface area contributed by atoms with Crippen molar-refractivity contribution in [2.75, 3.05) is 0 Å². The van der Waals surface area contributed by atoms with Crippen LogP contribution in [-0.4, -0.2) is 14.6 Å². The average Bonchev–Trinajstić information content (AvgIpc) is 2.59. The lowest BCUT2D eigenvalue weighted by atomic mass is 10.3. The van der Waals surface area contributed by atoms with E-state index in [1.807, 2.05) is 12.1 Å². The van der Waals surface area contributed by atoms with Gasteiger partial charge in [-0.3, -0.25) is 0 Å². The second-order valence-corrected chi connectivity index (χ2v) is 2.90. The molecule has 0 aliphatic carbocycles. The van der Waals surface area contributed by atoms with Crippen molar-refractivity contribution in [3.8, 4) is 0 Å². The predicted octanol–water partition coefficient (Wildman–Crippen LogP) is 0.750. The molecule has 68 valence electrons. The minimum atomic E-state index is 0.474. The van der Waals surface area contributed by atoms with E-state index in [-0.39, 0.29) is 0 Å². The monoisotopic (exact) mass is 176 g/mol. The number of imidazole rings is 1. The molecule has 0 atom stereocenters. The van der Waals surface area contributed by atoms with Crippen LogP contribution in [0.25, 0.3) is 5.65 Å². The zero-order valence-corrected chi connectivity index (χ0v) is 7.57. The Kier molecular flexibility index (Phi) is 1.98. The van der Waals surface area contributed by atoms with Gasteiger partial charge in [0.2, 0.25) is 0 Å². The van der Waals surface area contributed by atoms with Gasteiger partial charge in [0, 0.05) is 6.54 Å². The zero-order valence-electron chi connectivity index (χ0n) is 7.57. The summed E-state index contributed by atoms with van der Waals surface area (Å²) in [4.78, 5) is 4.19. The summed E-state index contributed by atoms with van der Waals surface area (Å²) in [5.41, 5.74) is 8.42. The van der Waals surface area contributed by atoms with Crippen LogP contribution in [0.4, 0.5) is 0 Å². The molecule has 2 aromatic rings. The predicted molar refractivity (Wildman–Crippen MR) is 50.3 cm³/mol. The molecule has 2 heterocycles. The van der Waals surface area contributed by atoms with E-state index in [1.165, 1.54) is 0 Å². The zero-order chi connectivity index (χ0) is 9.26. The molecule has 0 aromatic carbocycles. The van der Waals surface area contributed by atoms with Crippen molar-refractivity contribution >= 4 is 5.65 Å². The molecule has 13 heavy (non-hydrogen) atoms. The van der Waals surface area contributed by atoms with Crippen molar-refractivity contribution in [3.05, 3.63) is 29.7 Å². The van der Waals surface area contributed by atoms with Crippen molar-refractivity contribution < 1.29 is 0 Å². The first-order chi connectivity index (χ1) is 6.35. The summed E-state index contributed by atoms with van der Waals surface area (Å²) in [6.07, 6.45) is 2.69. The minimum Gasteiger partial charge on any atom is -0.325 e. The highest BCUT2D eigenvalue weighted by Gasteiger charge is 2.02. The number of nitrogens with zero attached hydrogens (tertiary/aromatic N) is 3. The third-order valence-electron chi connectivity index (χ3n) is 2.06. The van der Waals surface area contributed by atoms with Gasteiger partial charge < -0.3 is 5.73 Å². The van der Waals surface area contributed by atoms with E-state index >= 15 is 0 Å². The molecule has 0 fully saturated rings. The van der Waals surface area contributed by atoms with Gasteiger partial charge in [0.15, 0.2) is 5.65 Å². The molecular formula is C9H12N4. The molecule has 0 unspecified atom stereocenters. The Bertz CT molecular complexity index is 418. The Balaban J connectivity index is 2.64. The van der Waals surface area contributed by atoms with Crippen molar-refractivity contribution in [2.45, 2.75) is 19.9 Å². The van der Waals surface area contributed by atoms with E-state index in [0.717, 1.165) is 23.5 Å². The van der Waals surface area contributed by atoms with Crippen molar-refractivity contribution in [1.82, 2.24) is 14.6 Å². The molecule has 2 aromatic heterocycles. The number of rotatable bonds is 2. The van der Waals surface area contributed by atoms with Gasteiger partial charge in [-0.1, -0.05) is 6.92 Å². The smallest absolute Gasteiger partial charge is 0.153 e. The van der Waals surface area contributed by atoms with E-state index < -0.39 is 0 Å². The van der Waals surface area contributed by atoms with Crippen LogP contribution in [0.2, 0.25) is 0 Å². The molecule has 0 spiro atoms. The summed E-state index contributed by atoms with van der Waals surface area (Å²) in [7, 11) is 0. The summed E-state index contributed by atoms with van der Waals surface area (Å²) < 4.78 is 1.80. The molecule has 0 aliphatic rings. The van der Waals surface area contributed by atoms with E-state index in [1.54, 1.807) is 10.7 Å². The van der Waals surface area contributed by atoms with Crippen molar-refractivity contribution in [3.63, 3.8) is 0 Å². The maximum atomic E-state index is 5.55. The molecule has 0 radical (unpaired) electrons. The molecule has 2 N–H and O–H groups in total. The summed E-state index contributed by atoms with van der Waals surface area (Å²) >= 11 is 0. The molecule has 0 bridgehead atoms. The van der Waals surface area contributed by atoms with Crippen molar-refractivity contribution in [2.24, 2.45) is 5.73 Å². The number of aromatic nitrogens is 3. The highest BCUT2D eigenvalue weighted by molar-refractivity contribution is 5.38. The van der Waals surface area contributed by atoms with E-state index in [0.29, 0.717) is 6.54 Å². The number of fused-ring (bicyclic) bond motifs is 1. The van der Waals surface area contributed by atoms with Crippen LogP contribution in [-0.2, 0) is 13.0 Å². The first-order valence-electron chi connectivity index (χ1n) is 4.37. The Morgan fingerprint density at radius 3 is 3.00 bits per heavy atom. The SMILES string of the molecule is CCc1ccc2ncc(CN)n2n1. The topological polar surface area (TPSA) is 56.2 Å². The minimum absolute atomic E-state index is 0.474. The average molecular weight is 176 g/mol. The van der Waals surface area contributed by atoms with E-state index in [9.17, 15) is 0 Å². The first-order valence-corrected chi connectivity index (χ1v) is 4.37. The van der Waals surface area contributed by atoms with E-state index in [4.69, 9.17) is 5.73 Å². The van der Waals surface area contributed by atoms with Crippen LogP contribution in [0, 0.1) is 0 Å². The second-order valence-electron chi connectivity index (χ2n) is 2.90. The highest BCUT2D eigenvalue weighted by atomic mass is 15.3. The third kappa shape index (κ3) is 1.29. The third-order valence-corrected chi connectivity index (χ3v) is 2.06. The maximum Gasteiger partial charge on any atom is 0.153 e. The number of hydrogen-bond donors (Lipinski definition) is 1. The molecule has 0 saturated heterocycles. The number of aryl methyl sites for hydroxylation is 1. The van der Waals surface area contributed by atoms with Crippen LogP contribution in [0.5, 0.6) is 0 Å². The van der Waals surface area contributed by atoms with Gasteiger partial charge in [-0.05, 0) is 18.6 Å². The maximum absolute atomic E-state index is 5.55. The summed E-state index contributed by atoms with van der Waals surface area (Å²) in [6.45, 7) is 2.55. The van der Waals surface area contributed by atoms with Crippen LogP contribution in [0.1, 0.15) is 18.3 Å². The lowest BCUT2D eigenvalue weighted by molar-refractivity contribution is 0.806. The molecule has 0 amide bonds. The molecule has 0 saturated carbocycles. The fourth-order valence-corrected chi connectivity index (χ4v) is 1.29. The fraction of sp³-hybridized carbons (Fsp3) is 0.333. The number of nitrogens with two attached hydrogens (primary N) is 1. The van der Waals surface area contributed by atoms with Crippen LogP contribution in [0.15, 0.2) is 18.3 Å². The van der Waals surface area contributed by atoms with Crippen LogP contribution >= 0.6 is 0 Å². The van der Waals surface area contributed by atoms with Gasteiger partial charge in [-0.15, -0.1) is 0 Å². The summed E-state index contributed by atoms with van der Waals surface area (Å²) in [5, 5.41) is 4.40. The largest absolute Gasteiger partial charge is 0.325 e. The lowest BCUT2D eigenvalue weighted by Crippen LogP contribution is -2.04. The van der Waals surface area contributed by atoms with Crippen LogP contribution < -0.4 is 5.73 Å². The molecule has 0 aliphatic heterocycles. The second kappa shape index (κ2) is 3.14. The Morgan fingerprint density at radius 2 is 2.31 bits per heavy atom. The van der Waals surface area contributed by atoms with Gasteiger partial charge >= 0.3 is 0 Å². The van der Waals surface area contributed by atoms with Crippen LogP contribution in [0.3, 0.4) is 0 Å². The van der Waals surface area contributed by atoms with Gasteiger partial charge in [-0.2, -0.15) is 5.10 Å². The van der Waals surface area contributed by atoms with Gasteiger partial charge in [0.05, 0.1) is 17.6 Å². The summed E-state index contributed by atoms with van der Waals surface area (Å²) in [5.74, 6) is 0. The highest BCUT2D eigenvalue weighted by Crippen LogP contribution is 2.05. The quantitative estimate of drug-likeness (QED) is 0.734.